The second-order valence-corrected chi connectivity index (χ2v) is 4.98. The van der Waals surface area contributed by atoms with Gasteiger partial charge >= 0.3 is 5.97 Å². The summed E-state index contributed by atoms with van der Waals surface area (Å²) < 4.78 is 14.1. The van der Waals surface area contributed by atoms with E-state index >= 15 is 0 Å². The third kappa shape index (κ3) is 3.31. The highest BCUT2D eigenvalue weighted by atomic mass is 32.1. The fourth-order valence-corrected chi connectivity index (χ4v) is 2.09. The summed E-state index contributed by atoms with van der Waals surface area (Å²) in [6, 6.07) is 3.31. The van der Waals surface area contributed by atoms with Crippen LogP contribution in [0.5, 0.6) is 0 Å². The molecule has 2 aromatic rings. The minimum Gasteiger partial charge on any atom is -0.463 e. The van der Waals surface area contributed by atoms with Crippen molar-refractivity contribution in [2.75, 3.05) is 12.4 Å². The van der Waals surface area contributed by atoms with E-state index in [4.69, 9.17) is 4.42 Å². The molecular weight excluding hydrogens is 266 g/mol. The smallest absolute Gasteiger partial charge is 0.373 e. The van der Waals surface area contributed by atoms with Gasteiger partial charge in [-0.15, -0.1) is 0 Å². The zero-order valence-corrected chi connectivity index (χ0v) is 11.8. The fraction of sp³-hybridized carbons (Fsp3) is 0.417. The number of rotatable bonds is 5. The van der Waals surface area contributed by atoms with Gasteiger partial charge in [0.2, 0.25) is 10.9 Å². The summed E-state index contributed by atoms with van der Waals surface area (Å²) in [4.78, 5) is 15.6. The highest BCUT2D eigenvalue weighted by Crippen LogP contribution is 2.18. The van der Waals surface area contributed by atoms with E-state index in [1.165, 1.54) is 18.6 Å². The van der Waals surface area contributed by atoms with E-state index in [1.807, 2.05) is 13.8 Å². The number of hydrogen-bond donors (Lipinski definition) is 1. The van der Waals surface area contributed by atoms with Crippen molar-refractivity contribution in [1.29, 1.82) is 0 Å². The average molecular weight is 281 g/mol. The Balaban J connectivity index is 1.94. The van der Waals surface area contributed by atoms with Gasteiger partial charge < -0.3 is 14.5 Å². The summed E-state index contributed by atoms with van der Waals surface area (Å²) in [7, 11) is 1.32. The quantitative estimate of drug-likeness (QED) is 0.849. The van der Waals surface area contributed by atoms with E-state index in [2.05, 4.69) is 19.4 Å². The first kappa shape index (κ1) is 13.5. The van der Waals surface area contributed by atoms with Gasteiger partial charge in [-0.05, 0) is 12.1 Å². The lowest BCUT2D eigenvalue weighted by Gasteiger charge is -1.99. The van der Waals surface area contributed by atoms with Crippen molar-refractivity contribution >= 4 is 22.6 Å². The molecule has 0 saturated carbocycles. The number of furan rings is 1. The molecule has 0 bridgehead atoms. The monoisotopic (exact) mass is 281 g/mol. The molecule has 2 rings (SSSR count). The van der Waals surface area contributed by atoms with Gasteiger partial charge in [-0.25, -0.2) is 9.78 Å². The molecular formula is C12H15N3O3S. The van der Waals surface area contributed by atoms with Crippen LogP contribution in [0.1, 0.15) is 41.9 Å². The van der Waals surface area contributed by atoms with Crippen LogP contribution in [0.2, 0.25) is 0 Å². The minimum atomic E-state index is -0.482. The number of carbonyl (C=O) groups excluding carboxylic acids is 1. The van der Waals surface area contributed by atoms with Gasteiger partial charge in [-0.1, -0.05) is 13.8 Å². The van der Waals surface area contributed by atoms with Crippen molar-refractivity contribution in [3.8, 4) is 0 Å². The van der Waals surface area contributed by atoms with E-state index in [0.29, 0.717) is 18.2 Å². The van der Waals surface area contributed by atoms with E-state index < -0.39 is 5.97 Å². The number of nitrogens with zero attached hydrogens (tertiary/aromatic N) is 2. The van der Waals surface area contributed by atoms with Gasteiger partial charge in [0.25, 0.3) is 0 Å². The highest BCUT2D eigenvalue weighted by Gasteiger charge is 2.12. The topological polar surface area (TPSA) is 77.2 Å². The number of hydrogen-bond acceptors (Lipinski definition) is 7. The van der Waals surface area contributed by atoms with Crippen molar-refractivity contribution < 1.29 is 13.9 Å². The molecule has 0 spiro atoms. The normalized spacial score (nSPS) is 10.7. The summed E-state index contributed by atoms with van der Waals surface area (Å²) in [5, 5.41) is 3.84. The Labute approximate surface area is 115 Å². The maximum Gasteiger partial charge on any atom is 0.373 e. The number of aromatic nitrogens is 2. The van der Waals surface area contributed by atoms with Crippen LogP contribution in [-0.2, 0) is 11.3 Å². The Hall–Kier alpha value is -1.89. The highest BCUT2D eigenvalue weighted by molar-refractivity contribution is 7.09. The Morgan fingerprint density at radius 2 is 2.32 bits per heavy atom. The SMILES string of the molecule is COC(=O)c1ccc(CNc2nc(C(C)C)ns2)o1. The Bertz CT molecular complexity index is 562. The lowest BCUT2D eigenvalue weighted by atomic mass is 10.2. The molecule has 0 amide bonds. The molecule has 0 atom stereocenters. The number of methoxy groups -OCH3 is 1. The third-order valence-electron chi connectivity index (χ3n) is 2.42. The average Bonchev–Trinajstić information content (AvgIpc) is 3.04. The van der Waals surface area contributed by atoms with Crippen molar-refractivity contribution in [3.63, 3.8) is 0 Å². The van der Waals surface area contributed by atoms with E-state index in [1.54, 1.807) is 12.1 Å². The van der Waals surface area contributed by atoms with Crippen molar-refractivity contribution in [3.05, 3.63) is 29.5 Å². The van der Waals surface area contributed by atoms with Gasteiger partial charge in [-0.2, -0.15) is 4.37 Å². The molecule has 0 unspecified atom stereocenters. The molecule has 0 aliphatic rings. The van der Waals surface area contributed by atoms with E-state index in [0.717, 1.165) is 11.0 Å². The van der Waals surface area contributed by atoms with Crippen LogP contribution in [0.25, 0.3) is 0 Å². The second-order valence-electron chi connectivity index (χ2n) is 4.22. The van der Waals surface area contributed by atoms with Crippen LogP contribution >= 0.6 is 11.5 Å². The molecule has 2 aromatic heterocycles. The third-order valence-corrected chi connectivity index (χ3v) is 3.11. The van der Waals surface area contributed by atoms with Crippen LogP contribution < -0.4 is 5.32 Å². The molecule has 2 heterocycles. The lowest BCUT2D eigenvalue weighted by molar-refractivity contribution is 0.0563. The Morgan fingerprint density at radius 1 is 1.53 bits per heavy atom. The standard InChI is InChI=1S/C12H15N3O3S/c1-7(2)10-14-12(19-15-10)13-6-8-4-5-9(18-8)11(16)17-3/h4-5,7H,6H2,1-3H3,(H,13,14,15). The van der Waals surface area contributed by atoms with Crippen molar-refractivity contribution in [1.82, 2.24) is 9.36 Å². The predicted octanol–water partition coefficient (Wildman–Crippen LogP) is 2.65. The fourth-order valence-electron chi connectivity index (χ4n) is 1.39. The maximum absolute atomic E-state index is 11.2. The summed E-state index contributed by atoms with van der Waals surface area (Å²) >= 11 is 1.31. The van der Waals surface area contributed by atoms with Gasteiger partial charge in [0.1, 0.15) is 11.6 Å². The minimum absolute atomic E-state index is 0.194. The van der Waals surface area contributed by atoms with Gasteiger partial charge in [-0.3, -0.25) is 0 Å². The summed E-state index contributed by atoms with van der Waals surface area (Å²) in [6.45, 7) is 4.53. The largest absolute Gasteiger partial charge is 0.463 e. The molecule has 19 heavy (non-hydrogen) atoms. The molecule has 0 aliphatic carbocycles. The zero-order chi connectivity index (χ0) is 13.8. The van der Waals surface area contributed by atoms with E-state index in [9.17, 15) is 4.79 Å². The second kappa shape index (κ2) is 5.83. The zero-order valence-electron chi connectivity index (χ0n) is 11.0. The molecule has 0 aromatic carbocycles. The number of carbonyl (C=O) groups is 1. The lowest BCUT2D eigenvalue weighted by Crippen LogP contribution is -2.00. The van der Waals surface area contributed by atoms with Crippen LogP contribution in [0, 0.1) is 0 Å². The first-order chi connectivity index (χ1) is 9.10. The molecule has 0 fully saturated rings. The number of anilines is 1. The summed E-state index contributed by atoms with van der Waals surface area (Å²) in [6.07, 6.45) is 0. The molecule has 0 saturated heterocycles. The van der Waals surface area contributed by atoms with E-state index in [-0.39, 0.29) is 5.76 Å². The molecule has 7 heteroatoms. The first-order valence-corrected chi connectivity index (χ1v) is 6.62. The molecule has 0 aliphatic heterocycles. The first-order valence-electron chi connectivity index (χ1n) is 5.84. The molecule has 6 nitrogen and oxygen atoms in total. The summed E-state index contributed by atoms with van der Waals surface area (Å²) in [5.74, 6) is 1.48. The van der Waals surface area contributed by atoms with Crippen LogP contribution in [0.15, 0.2) is 16.5 Å². The number of nitrogens with one attached hydrogen (secondary N) is 1. The van der Waals surface area contributed by atoms with Crippen LogP contribution in [0.4, 0.5) is 5.13 Å². The van der Waals surface area contributed by atoms with Gasteiger partial charge in [0.05, 0.1) is 13.7 Å². The summed E-state index contributed by atoms with van der Waals surface area (Å²) in [5.41, 5.74) is 0. The van der Waals surface area contributed by atoms with Crippen LogP contribution in [-0.4, -0.2) is 22.4 Å². The maximum atomic E-state index is 11.2. The van der Waals surface area contributed by atoms with Crippen molar-refractivity contribution in [2.24, 2.45) is 0 Å². The molecule has 0 radical (unpaired) electrons. The number of esters is 1. The van der Waals surface area contributed by atoms with Crippen LogP contribution in [0.3, 0.4) is 0 Å². The molecule has 1 N–H and O–H groups in total. The Morgan fingerprint density at radius 3 is 2.95 bits per heavy atom. The van der Waals surface area contributed by atoms with Gasteiger partial charge in [0, 0.05) is 17.5 Å². The Kier molecular flexibility index (Phi) is 4.16. The predicted molar refractivity (Wildman–Crippen MR) is 71.4 cm³/mol. The van der Waals surface area contributed by atoms with Crippen molar-refractivity contribution in [2.45, 2.75) is 26.3 Å². The number of ether oxygens (including phenoxy) is 1. The molecule has 102 valence electrons. The van der Waals surface area contributed by atoms with Gasteiger partial charge in [0.15, 0.2) is 0 Å².